The van der Waals surface area contributed by atoms with E-state index in [1.165, 1.54) is 0 Å². The fourth-order valence-electron chi connectivity index (χ4n) is 2.14. The summed E-state index contributed by atoms with van der Waals surface area (Å²) in [5, 5.41) is 3.89. The highest BCUT2D eigenvalue weighted by Gasteiger charge is 2.10. The monoisotopic (exact) mass is 353 g/mol. The van der Waals surface area contributed by atoms with Gasteiger partial charge in [-0.2, -0.15) is 0 Å². The molecule has 0 aliphatic heterocycles. The Bertz CT molecular complexity index is 605. The van der Waals surface area contributed by atoms with E-state index in [9.17, 15) is 0 Å². The van der Waals surface area contributed by atoms with Crippen molar-refractivity contribution >= 4 is 27.5 Å². The van der Waals surface area contributed by atoms with E-state index in [1.807, 2.05) is 45.2 Å². The van der Waals surface area contributed by atoms with E-state index >= 15 is 0 Å². The minimum absolute atomic E-state index is 0.735. The van der Waals surface area contributed by atoms with Crippen molar-refractivity contribution in [2.45, 2.75) is 20.4 Å². The van der Waals surface area contributed by atoms with Gasteiger partial charge in [0.25, 0.3) is 0 Å². The lowest BCUT2D eigenvalue weighted by Gasteiger charge is -2.15. The van der Waals surface area contributed by atoms with Gasteiger partial charge in [0.05, 0.1) is 0 Å². The predicted molar refractivity (Wildman–Crippen MR) is 87.9 cm³/mol. The molecule has 0 heterocycles. The van der Waals surface area contributed by atoms with Crippen LogP contribution in [0.25, 0.3) is 0 Å². The van der Waals surface area contributed by atoms with Crippen molar-refractivity contribution in [2.75, 3.05) is 7.05 Å². The van der Waals surface area contributed by atoms with Crippen molar-refractivity contribution in [3.05, 3.63) is 56.5 Å². The third-order valence-corrected chi connectivity index (χ3v) is 3.74. The van der Waals surface area contributed by atoms with Crippen LogP contribution in [0.3, 0.4) is 0 Å². The summed E-state index contributed by atoms with van der Waals surface area (Å²) in [6, 6.07) is 9.85. The lowest BCUT2D eigenvalue weighted by atomic mass is 10.1. The maximum atomic E-state index is 6.11. The SMILES string of the molecule is CNCc1cc(Br)ccc1Oc1c(C)cc(Cl)cc1C. The molecule has 0 spiro atoms. The molecule has 0 atom stereocenters. The summed E-state index contributed by atoms with van der Waals surface area (Å²) in [4.78, 5) is 0. The van der Waals surface area contributed by atoms with Gasteiger partial charge >= 0.3 is 0 Å². The summed E-state index contributed by atoms with van der Waals surface area (Å²) >= 11 is 9.54. The molecule has 0 saturated heterocycles. The fraction of sp³-hybridized carbons (Fsp3) is 0.250. The van der Waals surface area contributed by atoms with Crippen molar-refractivity contribution in [1.29, 1.82) is 0 Å². The van der Waals surface area contributed by atoms with Crippen LogP contribution in [-0.4, -0.2) is 7.05 Å². The van der Waals surface area contributed by atoms with E-state index in [4.69, 9.17) is 16.3 Å². The van der Waals surface area contributed by atoms with E-state index < -0.39 is 0 Å². The summed E-state index contributed by atoms with van der Waals surface area (Å²) in [5.74, 6) is 1.73. The predicted octanol–water partition coefficient (Wildman–Crippen LogP) is 5.23. The summed E-state index contributed by atoms with van der Waals surface area (Å²) < 4.78 is 7.16. The van der Waals surface area contributed by atoms with Crippen molar-refractivity contribution in [1.82, 2.24) is 5.32 Å². The van der Waals surface area contributed by atoms with Gasteiger partial charge in [-0.05, 0) is 62.4 Å². The van der Waals surface area contributed by atoms with Gasteiger partial charge in [-0.15, -0.1) is 0 Å². The smallest absolute Gasteiger partial charge is 0.133 e. The van der Waals surface area contributed by atoms with Crippen LogP contribution < -0.4 is 10.1 Å². The Morgan fingerprint density at radius 1 is 1.15 bits per heavy atom. The number of rotatable bonds is 4. The van der Waals surface area contributed by atoms with Gasteiger partial charge in [-0.25, -0.2) is 0 Å². The maximum absolute atomic E-state index is 6.11. The second-order valence-electron chi connectivity index (χ2n) is 4.75. The largest absolute Gasteiger partial charge is 0.456 e. The van der Waals surface area contributed by atoms with Gasteiger partial charge in [-0.1, -0.05) is 27.5 Å². The number of ether oxygens (including phenoxy) is 1. The van der Waals surface area contributed by atoms with E-state index in [-0.39, 0.29) is 0 Å². The van der Waals surface area contributed by atoms with Gasteiger partial charge in [0, 0.05) is 21.6 Å². The number of hydrogen-bond acceptors (Lipinski definition) is 2. The zero-order chi connectivity index (χ0) is 14.7. The van der Waals surface area contributed by atoms with E-state index in [2.05, 4.69) is 27.3 Å². The second kappa shape index (κ2) is 6.61. The second-order valence-corrected chi connectivity index (χ2v) is 6.11. The molecule has 1 N–H and O–H groups in total. The molecule has 2 aromatic carbocycles. The Labute approximate surface area is 133 Å². The number of nitrogens with one attached hydrogen (secondary N) is 1. The topological polar surface area (TPSA) is 21.3 Å². The molecule has 0 amide bonds. The van der Waals surface area contributed by atoms with Gasteiger partial charge in [-0.3, -0.25) is 0 Å². The molecule has 2 nitrogen and oxygen atoms in total. The summed E-state index contributed by atoms with van der Waals surface area (Å²) in [6.45, 7) is 4.76. The zero-order valence-corrected chi connectivity index (χ0v) is 14.1. The lowest BCUT2D eigenvalue weighted by molar-refractivity contribution is 0.467. The lowest BCUT2D eigenvalue weighted by Crippen LogP contribution is -2.06. The molecular formula is C16H17BrClNO. The first kappa shape index (κ1) is 15.4. The Hall–Kier alpha value is -1.03. The van der Waals surface area contributed by atoms with Gasteiger partial charge < -0.3 is 10.1 Å². The van der Waals surface area contributed by atoms with Crippen LogP contribution in [0.2, 0.25) is 5.02 Å². The third kappa shape index (κ3) is 3.54. The van der Waals surface area contributed by atoms with Crippen LogP contribution in [0.15, 0.2) is 34.8 Å². The van der Waals surface area contributed by atoms with Crippen LogP contribution in [0.4, 0.5) is 0 Å². The van der Waals surface area contributed by atoms with Gasteiger partial charge in [0.2, 0.25) is 0 Å². The van der Waals surface area contributed by atoms with Crippen LogP contribution in [0, 0.1) is 13.8 Å². The Morgan fingerprint density at radius 2 is 1.80 bits per heavy atom. The fourth-order valence-corrected chi connectivity index (χ4v) is 2.88. The Balaban J connectivity index is 2.40. The number of halogens is 2. The summed E-state index contributed by atoms with van der Waals surface area (Å²) in [5.41, 5.74) is 3.18. The first-order valence-corrected chi connectivity index (χ1v) is 7.56. The molecule has 0 radical (unpaired) electrons. The highest BCUT2D eigenvalue weighted by atomic mass is 79.9. The highest BCUT2D eigenvalue weighted by Crippen LogP contribution is 2.33. The first-order chi connectivity index (χ1) is 9.51. The summed E-state index contributed by atoms with van der Waals surface area (Å²) in [7, 11) is 1.92. The molecule has 0 aliphatic carbocycles. The van der Waals surface area contributed by atoms with Gasteiger partial charge in [0.1, 0.15) is 11.5 Å². The van der Waals surface area contributed by atoms with E-state index in [0.717, 1.165) is 44.2 Å². The van der Waals surface area contributed by atoms with Crippen LogP contribution in [0.5, 0.6) is 11.5 Å². The van der Waals surface area contributed by atoms with Crippen molar-refractivity contribution in [3.8, 4) is 11.5 Å². The molecule has 106 valence electrons. The van der Waals surface area contributed by atoms with E-state index in [0.29, 0.717) is 0 Å². The molecular weight excluding hydrogens is 338 g/mol. The van der Waals surface area contributed by atoms with Crippen LogP contribution in [-0.2, 0) is 6.54 Å². The standard InChI is InChI=1S/C16H17BrClNO/c1-10-6-14(18)7-11(2)16(10)20-15-5-4-13(17)8-12(15)9-19-3/h4-8,19H,9H2,1-3H3. The molecule has 0 bridgehead atoms. The summed E-state index contributed by atoms with van der Waals surface area (Å²) in [6.07, 6.45) is 0. The van der Waals surface area contributed by atoms with Crippen molar-refractivity contribution < 1.29 is 4.74 Å². The Morgan fingerprint density at radius 3 is 2.40 bits per heavy atom. The average Bonchev–Trinajstić information content (AvgIpc) is 2.36. The quantitative estimate of drug-likeness (QED) is 0.811. The minimum Gasteiger partial charge on any atom is -0.456 e. The zero-order valence-electron chi connectivity index (χ0n) is 11.8. The molecule has 0 saturated carbocycles. The van der Waals surface area contributed by atoms with Crippen molar-refractivity contribution in [3.63, 3.8) is 0 Å². The highest BCUT2D eigenvalue weighted by molar-refractivity contribution is 9.10. The van der Waals surface area contributed by atoms with Crippen molar-refractivity contribution in [2.24, 2.45) is 0 Å². The van der Waals surface area contributed by atoms with Crippen LogP contribution >= 0.6 is 27.5 Å². The Kier molecular flexibility index (Phi) is 5.08. The molecule has 0 aliphatic rings. The van der Waals surface area contributed by atoms with E-state index in [1.54, 1.807) is 0 Å². The molecule has 20 heavy (non-hydrogen) atoms. The first-order valence-electron chi connectivity index (χ1n) is 6.39. The number of benzene rings is 2. The molecule has 4 heteroatoms. The maximum Gasteiger partial charge on any atom is 0.133 e. The normalized spacial score (nSPS) is 10.7. The number of aryl methyl sites for hydroxylation is 2. The molecule has 2 aromatic rings. The average molecular weight is 355 g/mol. The third-order valence-electron chi connectivity index (χ3n) is 3.03. The number of hydrogen-bond donors (Lipinski definition) is 1. The van der Waals surface area contributed by atoms with Gasteiger partial charge in [0.15, 0.2) is 0 Å². The van der Waals surface area contributed by atoms with Crippen LogP contribution in [0.1, 0.15) is 16.7 Å². The molecule has 0 unspecified atom stereocenters. The minimum atomic E-state index is 0.735. The molecule has 2 rings (SSSR count). The molecule has 0 aromatic heterocycles. The molecule has 0 fully saturated rings.